The Hall–Kier alpha value is -0.820. The van der Waals surface area contributed by atoms with Gasteiger partial charge < -0.3 is 5.73 Å². The molecule has 15 heavy (non-hydrogen) atoms. The lowest BCUT2D eigenvalue weighted by Gasteiger charge is -2.22. The first-order valence-electron chi connectivity index (χ1n) is 5.74. The molecule has 0 aliphatic heterocycles. The summed E-state index contributed by atoms with van der Waals surface area (Å²) in [6.07, 6.45) is 1.00. The van der Waals surface area contributed by atoms with Crippen molar-refractivity contribution in [1.82, 2.24) is 0 Å². The molecule has 0 heterocycles. The van der Waals surface area contributed by atoms with Crippen LogP contribution in [0.2, 0.25) is 0 Å². The summed E-state index contributed by atoms with van der Waals surface area (Å²) < 4.78 is 0. The topological polar surface area (TPSA) is 26.0 Å². The molecule has 0 aliphatic carbocycles. The third-order valence-electron chi connectivity index (χ3n) is 3.87. The lowest BCUT2D eigenvalue weighted by Crippen LogP contribution is -2.14. The molecular weight excluding hydrogens is 182 g/mol. The molecule has 0 radical (unpaired) electrons. The molecule has 0 spiro atoms. The van der Waals surface area contributed by atoms with Crippen LogP contribution in [0.15, 0.2) is 0 Å². The highest BCUT2D eigenvalue weighted by molar-refractivity contribution is 5.50. The van der Waals surface area contributed by atoms with Gasteiger partial charge in [-0.1, -0.05) is 6.92 Å². The smallest absolute Gasteiger partial charge is 0.0297 e. The fraction of sp³-hybridized carbons (Fsp3) is 0.571. The van der Waals surface area contributed by atoms with E-state index in [9.17, 15) is 0 Å². The fourth-order valence-corrected chi connectivity index (χ4v) is 2.29. The van der Waals surface area contributed by atoms with Crippen LogP contribution in [-0.2, 0) is 0 Å². The monoisotopic (exact) mass is 205 g/mol. The lowest BCUT2D eigenvalue weighted by molar-refractivity contribution is 0.686. The molecule has 84 valence electrons. The van der Waals surface area contributed by atoms with Crippen LogP contribution in [0.1, 0.15) is 52.8 Å². The number of hydrogen-bond acceptors (Lipinski definition) is 1. The Kier molecular flexibility index (Phi) is 3.56. The van der Waals surface area contributed by atoms with Gasteiger partial charge in [0.25, 0.3) is 0 Å². The van der Waals surface area contributed by atoms with Gasteiger partial charge >= 0.3 is 0 Å². The first-order chi connectivity index (χ1) is 6.91. The Morgan fingerprint density at radius 3 is 1.47 bits per heavy atom. The summed E-state index contributed by atoms with van der Waals surface area (Å²) in [4.78, 5) is 0. The van der Waals surface area contributed by atoms with Gasteiger partial charge in [-0.15, -0.1) is 0 Å². The summed E-state index contributed by atoms with van der Waals surface area (Å²) in [5.74, 6) is 0. The van der Waals surface area contributed by atoms with Gasteiger partial charge in [-0.3, -0.25) is 0 Å². The van der Waals surface area contributed by atoms with Gasteiger partial charge in [-0.25, -0.2) is 0 Å². The third kappa shape index (κ3) is 1.93. The minimum Gasteiger partial charge on any atom is -0.324 e. The zero-order valence-corrected chi connectivity index (χ0v) is 10.9. The highest BCUT2D eigenvalue weighted by Gasteiger charge is 2.15. The zero-order valence-electron chi connectivity index (χ0n) is 10.9. The largest absolute Gasteiger partial charge is 0.324 e. The van der Waals surface area contributed by atoms with Crippen LogP contribution < -0.4 is 5.73 Å². The fourth-order valence-electron chi connectivity index (χ4n) is 2.29. The SMILES string of the molecule is CC[C@H](N)c1c(C)c(C)c(C)c(C)c1C. The molecule has 1 aromatic rings. The van der Waals surface area contributed by atoms with Crippen LogP contribution >= 0.6 is 0 Å². The van der Waals surface area contributed by atoms with Crippen molar-refractivity contribution in [2.45, 2.75) is 54.0 Å². The average Bonchev–Trinajstić information content (AvgIpc) is 2.23. The van der Waals surface area contributed by atoms with E-state index in [1.54, 1.807) is 0 Å². The summed E-state index contributed by atoms with van der Waals surface area (Å²) in [5, 5.41) is 0. The van der Waals surface area contributed by atoms with E-state index in [1.165, 1.54) is 33.4 Å². The van der Waals surface area contributed by atoms with E-state index in [0.29, 0.717) is 0 Å². The van der Waals surface area contributed by atoms with E-state index < -0.39 is 0 Å². The van der Waals surface area contributed by atoms with E-state index in [1.807, 2.05) is 0 Å². The van der Waals surface area contributed by atoms with Crippen molar-refractivity contribution >= 4 is 0 Å². The van der Waals surface area contributed by atoms with Crippen molar-refractivity contribution < 1.29 is 0 Å². The van der Waals surface area contributed by atoms with Crippen molar-refractivity contribution in [3.8, 4) is 0 Å². The van der Waals surface area contributed by atoms with E-state index in [4.69, 9.17) is 5.73 Å². The van der Waals surface area contributed by atoms with Crippen LogP contribution in [-0.4, -0.2) is 0 Å². The van der Waals surface area contributed by atoms with Crippen molar-refractivity contribution in [2.75, 3.05) is 0 Å². The molecule has 1 aromatic carbocycles. The van der Waals surface area contributed by atoms with Crippen molar-refractivity contribution in [2.24, 2.45) is 5.73 Å². The molecule has 0 amide bonds. The minimum absolute atomic E-state index is 0.183. The van der Waals surface area contributed by atoms with Gasteiger partial charge in [0.1, 0.15) is 0 Å². The van der Waals surface area contributed by atoms with Crippen LogP contribution in [0.4, 0.5) is 0 Å². The third-order valence-corrected chi connectivity index (χ3v) is 3.87. The highest BCUT2D eigenvalue weighted by Crippen LogP contribution is 2.30. The van der Waals surface area contributed by atoms with Gasteiger partial charge in [-0.05, 0) is 74.4 Å². The van der Waals surface area contributed by atoms with Crippen LogP contribution in [0, 0.1) is 34.6 Å². The lowest BCUT2D eigenvalue weighted by atomic mass is 9.86. The molecule has 0 saturated carbocycles. The number of rotatable bonds is 2. The zero-order chi connectivity index (χ0) is 11.7. The normalized spacial score (nSPS) is 13.0. The summed E-state index contributed by atoms with van der Waals surface area (Å²) in [5.41, 5.74) is 14.5. The minimum atomic E-state index is 0.183. The Morgan fingerprint density at radius 2 is 1.13 bits per heavy atom. The Labute approximate surface area is 93.7 Å². The maximum atomic E-state index is 6.18. The quantitative estimate of drug-likeness (QED) is 0.783. The predicted octanol–water partition coefficient (Wildman–Crippen LogP) is 3.64. The molecule has 1 rings (SSSR count). The standard InChI is InChI=1S/C14H23N/c1-7-13(15)14-11(5)9(3)8(2)10(4)12(14)6/h13H,7,15H2,1-6H3/t13-/m0/s1. The maximum absolute atomic E-state index is 6.18. The molecule has 1 heteroatoms. The Bertz CT molecular complexity index is 348. The molecule has 0 aliphatic rings. The van der Waals surface area contributed by atoms with Crippen molar-refractivity contribution in [1.29, 1.82) is 0 Å². The van der Waals surface area contributed by atoms with Gasteiger partial charge in [0, 0.05) is 6.04 Å². The van der Waals surface area contributed by atoms with Gasteiger partial charge in [0.15, 0.2) is 0 Å². The molecule has 0 fully saturated rings. The molecule has 0 aromatic heterocycles. The van der Waals surface area contributed by atoms with Gasteiger partial charge in [0.2, 0.25) is 0 Å². The summed E-state index contributed by atoms with van der Waals surface area (Å²) in [6.45, 7) is 13.1. The predicted molar refractivity (Wildman–Crippen MR) is 67.3 cm³/mol. The molecule has 2 N–H and O–H groups in total. The highest BCUT2D eigenvalue weighted by atomic mass is 14.6. The van der Waals surface area contributed by atoms with E-state index in [2.05, 4.69) is 41.5 Å². The molecule has 0 bridgehead atoms. The number of nitrogens with two attached hydrogens (primary N) is 1. The average molecular weight is 205 g/mol. The second kappa shape index (κ2) is 4.36. The van der Waals surface area contributed by atoms with Gasteiger partial charge in [-0.2, -0.15) is 0 Å². The van der Waals surface area contributed by atoms with E-state index in [0.717, 1.165) is 6.42 Å². The maximum Gasteiger partial charge on any atom is 0.0297 e. The molecule has 0 unspecified atom stereocenters. The first kappa shape index (κ1) is 12.3. The van der Waals surface area contributed by atoms with Crippen LogP contribution in [0.3, 0.4) is 0 Å². The van der Waals surface area contributed by atoms with Gasteiger partial charge in [0.05, 0.1) is 0 Å². The van der Waals surface area contributed by atoms with Crippen LogP contribution in [0.25, 0.3) is 0 Å². The van der Waals surface area contributed by atoms with E-state index in [-0.39, 0.29) is 6.04 Å². The Morgan fingerprint density at radius 1 is 0.800 bits per heavy atom. The number of benzene rings is 1. The summed E-state index contributed by atoms with van der Waals surface area (Å²) >= 11 is 0. The Balaban J connectivity index is 3.52. The first-order valence-corrected chi connectivity index (χ1v) is 5.74. The van der Waals surface area contributed by atoms with Crippen molar-refractivity contribution in [3.63, 3.8) is 0 Å². The van der Waals surface area contributed by atoms with E-state index >= 15 is 0 Å². The number of hydrogen-bond donors (Lipinski definition) is 1. The summed E-state index contributed by atoms with van der Waals surface area (Å²) in [7, 11) is 0. The molecule has 0 saturated heterocycles. The molecule has 1 atom stereocenters. The molecular formula is C14H23N. The molecule has 1 nitrogen and oxygen atoms in total. The second-order valence-corrected chi connectivity index (χ2v) is 4.55. The summed E-state index contributed by atoms with van der Waals surface area (Å²) in [6, 6.07) is 0.183. The second-order valence-electron chi connectivity index (χ2n) is 4.55. The van der Waals surface area contributed by atoms with Crippen molar-refractivity contribution in [3.05, 3.63) is 33.4 Å². The van der Waals surface area contributed by atoms with Crippen LogP contribution in [0.5, 0.6) is 0 Å².